The second kappa shape index (κ2) is 5.87. The topological polar surface area (TPSA) is 20.3 Å². The molecule has 1 aromatic carbocycles. The van der Waals surface area contributed by atoms with Crippen LogP contribution in [0.4, 0.5) is 0 Å². The highest BCUT2D eigenvalue weighted by atomic mass is 16.1. The largest absolute Gasteiger partial charge is 0.293 e. The van der Waals surface area contributed by atoms with E-state index in [1.165, 1.54) is 38.5 Å². The van der Waals surface area contributed by atoms with Crippen LogP contribution in [0, 0.1) is 5.92 Å². The molecule has 0 aromatic heterocycles. The summed E-state index contributed by atoms with van der Waals surface area (Å²) in [6.07, 6.45) is 8.05. The van der Waals surface area contributed by atoms with Crippen LogP contribution in [0.3, 0.4) is 0 Å². The molecule has 0 radical (unpaired) electrons. The van der Waals surface area contributed by atoms with E-state index >= 15 is 0 Å². The van der Waals surface area contributed by atoms with Gasteiger partial charge in [0.2, 0.25) is 0 Å². The Morgan fingerprint density at radius 1 is 1.05 bits per heavy atom. The van der Waals surface area contributed by atoms with Gasteiger partial charge in [0.15, 0.2) is 5.78 Å². The lowest BCUT2D eigenvalue weighted by Gasteiger charge is -2.43. The normalized spacial score (nSPS) is 27.8. The maximum Gasteiger partial charge on any atom is 0.176 e. The van der Waals surface area contributed by atoms with E-state index < -0.39 is 0 Å². The number of carbonyl (C=O) groups excluding carboxylic acids is 1. The van der Waals surface area contributed by atoms with Crippen molar-refractivity contribution in [2.75, 3.05) is 13.1 Å². The summed E-state index contributed by atoms with van der Waals surface area (Å²) >= 11 is 0. The van der Waals surface area contributed by atoms with Crippen LogP contribution in [0.15, 0.2) is 30.3 Å². The Labute approximate surface area is 115 Å². The van der Waals surface area contributed by atoms with Crippen LogP contribution in [0.5, 0.6) is 0 Å². The number of piperidine rings is 1. The fraction of sp³-hybridized carbons (Fsp3) is 0.588. The zero-order chi connectivity index (χ0) is 13.1. The Morgan fingerprint density at radius 2 is 1.79 bits per heavy atom. The van der Waals surface area contributed by atoms with Crippen molar-refractivity contribution in [2.45, 2.75) is 44.6 Å². The molecule has 2 fully saturated rings. The second-order valence-electron chi connectivity index (χ2n) is 6.01. The Hall–Kier alpha value is -1.15. The first-order valence-electron chi connectivity index (χ1n) is 7.67. The van der Waals surface area contributed by atoms with Crippen LogP contribution in [0.25, 0.3) is 0 Å². The van der Waals surface area contributed by atoms with Crippen LogP contribution in [-0.2, 0) is 0 Å². The van der Waals surface area contributed by atoms with E-state index in [2.05, 4.69) is 4.90 Å². The van der Waals surface area contributed by atoms with E-state index in [0.717, 1.165) is 18.0 Å². The van der Waals surface area contributed by atoms with Crippen molar-refractivity contribution in [2.24, 2.45) is 5.92 Å². The van der Waals surface area contributed by atoms with Gasteiger partial charge in [-0.3, -0.25) is 9.69 Å². The van der Waals surface area contributed by atoms with Gasteiger partial charge in [-0.05, 0) is 38.1 Å². The molecular formula is C17H23NO. The molecule has 2 heteroatoms. The number of ketones is 1. The van der Waals surface area contributed by atoms with Gasteiger partial charge < -0.3 is 0 Å². The average molecular weight is 257 g/mol. The molecule has 1 aromatic rings. The first-order chi connectivity index (χ1) is 9.34. The smallest absolute Gasteiger partial charge is 0.176 e. The number of nitrogens with zero attached hydrogens (tertiary/aromatic N) is 1. The quantitative estimate of drug-likeness (QED) is 0.772. The van der Waals surface area contributed by atoms with Gasteiger partial charge in [0.1, 0.15) is 0 Å². The molecule has 1 saturated carbocycles. The predicted molar refractivity (Wildman–Crippen MR) is 77.3 cm³/mol. The van der Waals surface area contributed by atoms with E-state index in [1.54, 1.807) is 0 Å². The highest BCUT2D eigenvalue weighted by Gasteiger charge is 2.33. The van der Waals surface area contributed by atoms with Crippen LogP contribution >= 0.6 is 0 Å². The summed E-state index contributed by atoms with van der Waals surface area (Å²) in [4.78, 5) is 14.8. The monoisotopic (exact) mass is 257 g/mol. The molecule has 0 amide bonds. The first kappa shape index (κ1) is 12.9. The molecule has 0 N–H and O–H groups in total. The molecule has 2 aliphatic rings. The Morgan fingerprint density at radius 3 is 2.63 bits per heavy atom. The van der Waals surface area contributed by atoms with Gasteiger partial charge in [-0.25, -0.2) is 0 Å². The number of benzene rings is 1. The lowest BCUT2D eigenvalue weighted by atomic mass is 9.78. The van der Waals surface area contributed by atoms with Gasteiger partial charge in [-0.1, -0.05) is 43.2 Å². The van der Waals surface area contributed by atoms with E-state index in [4.69, 9.17) is 0 Å². The molecule has 2 nitrogen and oxygen atoms in total. The lowest BCUT2D eigenvalue weighted by molar-refractivity contribution is 0.0539. The molecule has 1 aliphatic carbocycles. The highest BCUT2D eigenvalue weighted by molar-refractivity contribution is 5.97. The first-order valence-corrected chi connectivity index (χ1v) is 7.67. The fourth-order valence-electron chi connectivity index (χ4n) is 3.82. The zero-order valence-corrected chi connectivity index (χ0v) is 11.6. The minimum atomic E-state index is 0.284. The summed E-state index contributed by atoms with van der Waals surface area (Å²) in [5, 5.41) is 0. The third kappa shape index (κ3) is 2.89. The van der Waals surface area contributed by atoms with Crippen LogP contribution in [0.1, 0.15) is 48.9 Å². The Balaban J connectivity index is 1.66. The van der Waals surface area contributed by atoms with Crippen molar-refractivity contribution in [1.29, 1.82) is 0 Å². The van der Waals surface area contributed by atoms with Gasteiger partial charge >= 0.3 is 0 Å². The summed E-state index contributed by atoms with van der Waals surface area (Å²) in [7, 11) is 0. The minimum absolute atomic E-state index is 0.284. The lowest BCUT2D eigenvalue weighted by Crippen LogP contribution is -2.48. The molecule has 0 bridgehead atoms. The number of carbonyl (C=O) groups is 1. The second-order valence-corrected chi connectivity index (χ2v) is 6.01. The Bertz CT molecular complexity index is 426. The molecule has 102 valence electrons. The minimum Gasteiger partial charge on any atom is -0.293 e. The molecular weight excluding hydrogens is 234 g/mol. The van der Waals surface area contributed by atoms with Crippen LogP contribution < -0.4 is 0 Å². The number of rotatable bonds is 3. The average Bonchev–Trinajstić information content (AvgIpc) is 2.48. The van der Waals surface area contributed by atoms with Crippen molar-refractivity contribution in [1.82, 2.24) is 4.90 Å². The number of fused-ring (bicyclic) bond motifs is 1. The molecule has 1 heterocycles. The molecule has 2 atom stereocenters. The van der Waals surface area contributed by atoms with Crippen molar-refractivity contribution in [3.63, 3.8) is 0 Å². The molecule has 19 heavy (non-hydrogen) atoms. The Kier molecular flexibility index (Phi) is 3.97. The van der Waals surface area contributed by atoms with Crippen molar-refractivity contribution < 1.29 is 4.79 Å². The molecule has 0 spiro atoms. The van der Waals surface area contributed by atoms with Gasteiger partial charge in [0.25, 0.3) is 0 Å². The third-order valence-electron chi connectivity index (χ3n) is 4.80. The maximum atomic E-state index is 12.3. The van der Waals surface area contributed by atoms with Crippen molar-refractivity contribution in [3.05, 3.63) is 35.9 Å². The molecule has 3 rings (SSSR count). The standard InChI is InChI=1S/C17H23NO/c19-17(15-8-2-1-3-9-15)13-18-12-6-10-14-7-4-5-11-16(14)18/h1-3,8-9,14,16H,4-7,10-13H2. The van der Waals surface area contributed by atoms with Crippen molar-refractivity contribution >= 4 is 5.78 Å². The fourth-order valence-corrected chi connectivity index (χ4v) is 3.82. The summed E-state index contributed by atoms with van der Waals surface area (Å²) in [6.45, 7) is 1.73. The third-order valence-corrected chi connectivity index (χ3v) is 4.80. The van der Waals surface area contributed by atoms with E-state index in [9.17, 15) is 4.79 Å². The molecule has 2 unspecified atom stereocenters. The summed E-state index contributed by atoms with van der Waals surface area (Å²) in [6, 6.07) is 10.4. The predicted octanol–water partition coefficient (Wildman–Crippen LogP) is 3.52. The van der Waals surface area contributed by atoms with Gasteiger partial charge in [0.05, 0.1) is 6.54 Å². The van der Waals surface area contributed by atoms with Crippen LogP contribution in [0.2, 0.25) is 0 Å². The SMILES string of the molecule is O=C(CN1CCCC2CCCCC21)c1ccccc1. The summed E-state index contributed by atoms with van der Waals surface area (Å²) in [5.41, 5.74) is 0.862. The number of Topliss-reactive ketones (excluding diaryl/α,β-unsaturated/α-hetero) is 1. The number of hydrogen-bond donors (Lipinski definition) is 0. The molecule has 1 aliphatic heterocycles. The number of likely N-dealkylation sites (tertiary alicyclic amines) is 1. The van der Waals surface area contributed by atoms with Crippen LogP contribution in [-0.4, -0.2) is 29.8 Å². The highest BCUT2D eigenvalue weighted by Crippen LogP contribution is 2.35. The van der Waals surface area contributed by atoms with Crippen molar-refractivity contribution in [3.8, 4) is 0 Å². The van der Waals surface area contributed by atoms with E-state index in [-0.39, 0.29) is 5.78 Å². The number of hydrogen-bond acceptors (Lipinski definition) is 2. The molecule has 1 saturated heterocycles. The van der Waals surface area contributed by atoms with E-state index in [0.29, 0.717) is 12.6 Å². The van der Waals surface area contributed by atoms with E-state index in [1.807, 2.05) is 30.3 Å². The summed E-state index contributed by atoms with van der Waals surface area (Å²) in [5.74, 6) is 1.14. The van der Waals surface area contributed by atoms with Gasteiger partial charge in [-0.15, -0.1) is 0 Å². The van der Waals surface area contributed by atoms with Gasteiger partial charge in [-0.2, -0.15) is 0 Å². The maximum absolute atomic E-state index is 12.3. The van der Waals surface area contributed by atoms with Gasteiger partial charge in [0, 0.05) is 11.6 Å². The zero-order valence-electron chi connectivity index (χ0n) is 11.6. The summed E-state index contributed by atoms with van der Waals surface area (Å²) < 4.78 is 0.